The number of aliphatic hydroxyl groups excluding tert-OH is 1. The van der Waals surface area contributed by atoms with Gasteiger partial charge in [0.25, 0.3) is 0 Å². The highest BCUT2D eigenvalue weighted by Gasteiger charge is 2.29. The van der Waals surface area contributed by atoms with Gasteiger partial charge in [-0.1, -0.05) is 0 Å². The SMILES string of the molecule is COC(=O)C1=CC(=O)OC1O. The van der Waals surface area contributed by atoms with E-state index in [2.05, 4.69) is 9.47 Å². The number of esters is 2. The van der Waals surface area contributed by atoms with E-state index in [0.717, 1.165) is 13.2 Å². The molecule has 0 fully saturated rings. The monoisotopic (exact) mass is 158 g/mol. The second-order valence-electron chi connectivity index (χ2n) is 1.88. The average molecular weight is 158 g/mol. The van der Waals surface area contributed by atoms with Gasteiger partial charge >= 0.3 is 11.9 Å². The largest absolute Gasteiger partial charge is 0.465 e. The van der Waals surface area contributed by atoms with Crippen molar-refractivity contribution in [2.75, 3.05) is 7.11 Å². The number of carbonyl (C=O) groups excluding carboxylic acids is 2. The fraction of sp³-hybridized carbons (Fsp3) is 0.333. The normalized spacial score (nSPS) is 22.5. The standard InChI is InChI=1S/C6H6O5/c1-10-5(8)3-2-4(7)11-6(3)9/h2,6,9H,1H3. The minimum atomic E-state index is -1.48. The second-order valence-corrected chi connectivity index (χ2v) is 1.88. The van der Waals surface area contributed by atoms with Gasteiger partial charge in [-0.2, -0.15) is 0 Å². The molecule has 5 nitrogen and oxygen atoms in total. The van der Waals surface area contributed by atoms with Crippen LogP contribution in [-0.2, 0) is 19.1 Å². The summed E-state index contributed by atoms with van der Waals surface area (Å²) in [7, 11) is 1.15. The Hall–Kier alpha value is -1.36. The second kappa shape index (κ2) is 2.71. The number of methoxy groups -OCH3 is 1. The topological polar surface area (TPSA) is 72.8 Å². The third-order valence-electron chi connectivity index (χ3n) is 1.19. The van der Waals surface area contributed by atoms with Gasteiger partial charge in [-0.15, -0.1) is 0 Å². The van der Waals surface area contributed by atoms with Crippen LogP contribution in [0.3, 0.4) is 0 Å². The first-order chi connectivity index (χ1) is 5.15. The smallest absolute Gasteiger partial charge is 0.340 e. The minimum absolute atomic E-state index is 0.169. The molecule has 0 spiro atoms. The van der Waals surface area contributed by atoms with Crippen molar-refractivity contribution >= 4 is 11.9 Å². The predicted octanol–water partition coefficient (Wildman–Crippen LogP) is -1.04. The number of aliphatic hydroxyl groups is 1. The van der Waals surface area contributed by atoms with E-state index in [4.69, 9.17) is 5.11 Å². The summed E-state index contributed by atoms with van der Waals surface area (Å²) in [4.78, 5) is 21.1. The fourth-order valence-electron chi connectivity index (χ4n) is 0.683. The van der Waals surface area contributed by atoms with Crippen LogP contribution < -0.4 is 0 Å². The molecule has 0 saturated carbocycles. The summed E-state index contributed by atoms with van der Waals surface area (Å²) in [6.07, 6.45) is -0.578. The minimum Gasteiger partial charge on any atom is -0.465 e. The summed E-state index contributed by atoms with van der Waals surface area (Å²) < 4.78 is 8.47. The molecular weight excluding hydrogens is 152 g/mol. The summed E-state index contributed by atoms with van der Waals surface area (Å²) in [5.41, 5.74) is -0.169. The summed E-state index contributed by atoms with van der Waals surface area (Å²) in [6.45, 7) is 0. The highest BCUT2D eigenvalue weighted by atomic mass is 16.6. The Morgan fingerprint density at radius 3 is 2.82 bits per heavy atom. The van der Waals surface area contributed by atoms with Crippen LogP contribution in [0.25, 0.3) is 0 Å². The zero-order chi connectivity index (χ0) is 8.43. The molecular formula is C6H6O5. The van der Waals surface area contributed by atoms with E-state index in [1.165, 1.54) is 0 Å². The predicted molar refractivity (Wildman–Crippen MR) is 32.2 cm³/mol. The zero-order valence-electron chi connectivity index (χ0n) is 5.73. The van der Waals surface area contributed by atoms with Gasteiger partial charge in [-0.25, -0.2) is 9.59 Å². The number of hydrogen-bond acceptors (Lipinski definition) is 5. The van der Waals surface area contributed by atoms with Crippen LogP contribution in [0.5, 0.6) is 0 Å². The van der Waals surface area contributed by atoms with E-state index in [-0.39, 0.29) is 5.57 Å². The molecule has 0 saturated heterocycles. The van der Waals surface area contributed by atoms with Crippen molar-refractivity contribution in [1.29, 1.82) is 0 Å². The molecule has 1 unspecified atom stereocenters. The first-order valence-electron chi connectivity index (χ1n) is 2.83. The lowest BCUT2D eigenvalue weighted by Gasteiger charge is -2.03. The van der Waals surface area contributed by atoms with Gasteiger partial charge in [0.2, 0.25) is 6.29 Å². The van der Waals surface area contributed by atoms with Gasteiger partial charge in [0.1, 0.15) is 5.57 Å². The van der Waals surface area contributed by atoms with Crippen LogP contribution in [0.15, 0.2) is 11.6 Å². The first kappa shape index (κ1) is 7.74. The molecule has 0 aliphatic carbocycles. The number of cyclic esters (lactones) is 1. The van der Waals surface area contributed by atoms with Crippen molar-refractivity contribution in [1.82, 2.24) is 0 Å². The van der Waals surface area contributed by atoms with Gasteiger partial charge < -0.3 is 14.6 Å². The summed E-state index contributed by atoms with van der Waals surface area (Å²) in [6, 6.07) is 0. The van der Waals surface area contributed by atoms with Crippen LogP contribution >= 0.6 is 0 Å². The van der Waals surface area contributed by atoms with Crippen molar-refractivity contribution < 1.29 is 24.2 Å². The highest BCUT2D eigenvalue weighted by molar-refractivity contribution is 5.99. The molecule has 11 heavy (non-hydrogen) atoms. The van der Waals surface area contributed by atoms with E-state index in [0.29, 0.717) is 0 Å². The van der Waals surface area contributed by atoms with Gasteiger partial charge in [0.15, 0.2) is 0 Å². The molecule has 0 aromatic carbocycles. The maximum Gasteiger partial charge on any atom is 0.340 e. The van der Waals surface area contributed by atoms with Crippen LogP contribution in [0, 0.1) is 0 Å². The van der Waals surface area contributed by atoms with Gasteiger partial charge in [-0.3, -0.25) is 0 Å². The van der Waals surface area contributed by atoms with Crippen molar-refractivity contribution in [3.05, 3.63) is 11.6 Å². The molecule has 60 valence electrons. The van der Waals surface area contributed by atoms with Crippen molar-refractivity contribution in [3.8, 4) is 0 Å². The molecule has 1 rings (SSSR count). The quantitative estimate of drug-likeness (QED) is 0.493. The van der Waals surface area contributed by atoms with Crippen LogP contribution in [-0.4, -0.2) is 30.4 Å². The molecule has 1 aliphatic heterocycles. The van der Waals surface area contributed by atoms with Crippen LogP contribution in [0.4, 0.5) is 0 Å². The van der Waals surface area contributed by atoms with E-state index < -0.39 is 18.2 Å². The maximum atomic E-state index is 10.7. The number of rotatable bonds is 1. The fourth-order valence-corrected chi connectivity index (χ4v) is 0.683. The molecule has 1 N–H and O–H groups in total. The van der Waals surface area contributed by atoms with Gasteiger partial charge in [0.05, 0.1) is 7.11 Å². The molecule has 0 aromatic rings. The molecule has 0 aromatic heterocycles. The molecule has 1 atom stereocenters. The number of carbonyl (C=O) groups is 2. The highest BCUT2D eigenvalue weighted by Crippen LogP contribution is 2.13. The Balaban J connectivity index is 2.79. The third-order valence-corrected chi connectivity index (χ3v) is 1.19. The number of hydrogen-bond donors (Lipinski definition) is 1. The van der Waals surface area contributed by atoms with E-state index in [9.17, 15) is 9.59 Å². The summed E-state index contributed by atoms with van der Waals surface area (Å²) in [5, 5.41) is 8.85. The average Bonchev–Trinajstić information content (AvgIpc) is 2.28. The summed E-state index contributed by atoms with van der Waals surface area (Å²) in [5.74, 6) is -1.50. The Morgan fingerprint density at radius 1 is 1.82 bits per heavy atom. The maximum absolute atomic E-state index is 10.7. The van der Waals surface area contributed by atoms with Crippen molar-refractivity contribution in [2.24, 2.45) is 0 Å². The van der Waals surface area contributed by atoms with E-state index in [1.54, 1.807) is 0 Å². The molecule has 1 aliphatic rings. The summed E-state index contributed by atoms with van der Waals surface area (Å²) >= 11 is 0. The molecule has 0 amide bonds. The van der Waals surface area contributed by atoms with E-state index in [1.807, 2.05) is 0 Å². The molecule has 5 heteroatoms. The molecule has 1 heterocycles. The Kier molecular flexibility index (Phi) is 1.91. The zero-order valence-corrected chi connectivity index (χ0v) is 5.73. The van der Waals surface area contributed by atoms with Crippen LogP contribution in [0.2, 0.25) is 0 Å². The first-order valence-corrected chi connectivity index (χ1v) is 2.83. The lowest BCUT2D eigenvalue weighted by Crippen LogP contribution is -2.17. The van der Waals surface area contributed by atoms with Crippen LogP contribution in [0.1, 0.15) is 0 Å². The Bertz CT molecular complexity index is 229. The Labute approximate surface area is 62.2 Å². The van der Waals surface area contributed by atoms with Crippen molar-refractivity contribution in [3.63, 3.8) is 0 Å². The lowest BCUT2D eigenvalue weighted by molar-refractivity contribution is -0.153. The Morgan fingerprint density at radius 2 is 2.45 bits per heavy atom. The van der Waals surface area contributed by atoms with Crippen molar-refractivity contribution in [2.45, 2.75) is 6.29 Å². The molecule has 0 radical (unpaired) electrons. The van der Waals surface area contributed by atoms with Gasteiger partial charge in [-0.05, 0) is 0 Å². The number of ether oxygens (including phenoxy) is 2. The van der Waals surface area contributed by atoms with E-state index >= 15 is 0 Å². The van der Waals surface area contributed by atoms with Gasteiger partial charge in [0, 0.05) is 6.08 Å². The third kappa shape index (κ3) is 1.38. The molecule has 0 bridgehead atoms. The lowest BCUT2D eigenvalue weighted by atomic mass is 10.3.